The van der Waals surface area contributed by atoms with E-state index in [0.29, 0.717) is 5.02 Å². The van der Waals surface area contributed by atoms with Gasteiger partial charge in [-0.05, 0) is 28.8 Å². The van der Waals surface area contributed by atoms with E-state index in [1.807, 2.05) is 48.5 Å². The standard InChI is InChI=1S/C17H17ClO4/c1-21-17(20)16(10-19)22-11-12-2-4-13(5-3-12)14-6-8-15(18)9-7-14/h2-9,16,19H,10-11H2,1H3. The SMILES string of the molecule is COC(=O)C(CO)OCc1ccc(-c2ccc(Cl)cc2)cc1. The Bertz CT molecular complexity index is 608. The molecular weight excluding hydrogens is 304 g/mol. The van der Waals surface area contributed by atoms with Gasteiger partial charge in [-0.15, -0.1) is 0 Å². The molecule has 0 aliphatic carbocycles. The maximum absolute atomic E-state index is 11.3. The minimum atomic E-state index is -0.957. The Morgan fingerprint density at radius 3 is 2.14 bits per heavy atom. The molecule has 1 N–H and O–H groups in total. The Morgan fingerprint density at radius 1 is 1.09 bits per heavy atom. The number of ether oxygens (including phenoxy) is 2. The summed E-state index contributed by atoms with van der Waals surface area (Å²) in [6, 6.07) is 15.3. The number of esters is 1. The van der Waals surface area contributed by atoms with Gasteiger partial charge in [0, 0.05) is 5.02 Å². The van der Waals surface area contributed by atoms with E-state index >= 15 is 0 Å². The average Bonchev–Trinajstić information content (AvgIpc) is 2.56. The first kappa shape index (κ1) is 16.5. The van der Waals surface area contributed by atoms with Crippen LogP contribution in [-0.4, -0.2) is 30.9 Å². The monoisotopic (exact) mass is 320 g/mol. The van der Waals surface area contributed by atoms with Crippen LogP contribution in [0.1, 0.15) is 5.56 Å². The lowest BCUT2D eigenvalue weighted by atomic mass is 10.0. The summed E-state index contributed by atoms with van der Waals surface area (Å²) in [6.45, 7) is -0.184. The lowest BCUT2D eigenvalue weighted by Gasteiger charge is -2.13. The van der Waals surface area contributed by atoms with Crippen LogP contribution in [0.3, 0.4) is 0 Å². The summed E-state index contributed by atoms with van der Waals surface area (Å²) in [4.78, 5) is 11.3. The van der Waals surface area contributed by atoms with Crippen LogP contribution in [0.2, 0.25) is 5.02 Å². The number of methoxy groups -OCH3 is 1. The van der Waals surface area contributed by atoms with E-state index in [1.165, 1.54) is 7.11 Å². The molecule has 0 fully saturated rings. The highest BCUT2D eigenvalue weighted by Gasteiger charge is 2.18. The molecular formula is C17H17ClO4. The summed E-state index contributed by atoms with van der Waals surface area (Å²) in [5, 5.41) is 9.78. The number of hydrogen-bond acceptors (Lipinski definition) is 4. The van der Waals surface area contributed by atoms with E-state index in [1.54, 1.807) is 0 Å². The molecule has 0 aliphatic rings. The molecule has 0 amide bonds. The van der Waals surface area contributed by atoms with E-state index in [-0.39, 0.29) is 6.61 Å². The summed E-state index contributed by atoms with van der Waals surface area (Å²) in [5.74, 6) is -0.583. The van der Waals surface area contributed by atoms with Gasteiger partial charge in [-0.3, -0.25) is 0 Å². The van der Waals surface area contributed by atoms with E-state index < -0.39 is 18.7 Å². The molecule has 0 aliphatic heterocycles. The summed E-state index contributed by atoms with van der Waals surface area (Å²) >= 11 is 5.87. The molecule has 2 aromatic carbocycles. The van der Waals surface area contributed by atoms with Gasteiger partial charge >= 0.3 is 5.97 Å². The third-order valence-corrected chi connectivity index (χ3v) is 3.46. The van der Waals surface area contributed by atoms with Crippen LogP contribution in [0, 0.1) is 0 Å². The normalized spacial score (nSPS) is 12.0. The number of benzene rings is 2. The smallest absolute Gasteiger partial charge is 0.337 e. The molecule has 0 saturated carbocycles. The van der Waals surface area contributed by atoms with Crippen molar-refractivity contribution >= 4 is 17.6 Å². The lowest BCUT2D eigenvalue weighted by molar-refractivity contribution is -0.157. The zero-order chi connectivity index (χ0) is 15.9. The summed E-state index contributed by atoms with van der Waals surface area (Å²) in [7, 11) is 1.26. The highest BCUT2D eigenvalue weighted by molar-refractivity contribution is 6.30. The molecule has 0 bridgehead atoms. The second-order valence-corrected chi connectivity index (χ2v) is 5.15. The Morgan fingerprint density at radius 2 is 1.64 bits per heavy atom. The second-order valence-electron chi connectivity index (χ2n) is 4.71. The molecule has 4 nitrogen and oxygen atoms in total. The van der Waals surface area contributed by atoms with Crippen LogP contribution >= 0.6 is 11.6 Å². The van der Waals surface area contributed by atoms with Gasteiger partial charge in [-0.25, -0.2) is 4.79 Å². The fraction of sp³-hybridized carbons (Fsp3) is 0.235. The topological polar surface area (TPSA) is 55.8 Å². The first-order valence-corrected chi connectivity index (χ1v) is 7.17. The Labute approximate surface area is 134 Å². The number of halogens is 1. The zero-order valence-corrected chi connectivity index (χ0v) is 12.9. The third-order valence-electron chi connectivity index (χ3n) is 3.21. The number of carbonyl (C=O) groups excluding carboxylic acids is 1. The fourth-order valence-electron chi connectivity index (χ4n) is 1.96. The molecule has 0 saturated heterocycles. The number of aliphatic hydroxyl groups excluding tert-OH is 1. The van der Waals surface area contributed by atoms with Gasteiger partial charge in [0.25, 0.3) is 0 Å². The molecule has 1 unspecified atom stereocenters. The molecule has 1 atom stereocenters. The van der Waals surface area contributed by atoms with Gasteiger partial charge in [0.05, 0.1) is 20.3 Å². The zero-order valence-electron chi connectivity index (χ0n) is 12.2. The number of aliphatic hydroxyl groups is 1. The van der Waals surface area contributed by atoms with Crippen molar-refractivity contribution in [1.82, 2.24) is 0 Å². The van der Waals surface area contributed by atoms with Crippen molar-refractivity contribution in [3.63, 3.8) is 0 Å². The van der Waals surface area contributed by atoms with Gasteiger partial charge in [0.2, 0.25) is 0 Å². The molecule has 0 aromatic heterocycles. The molecule has 2 rings (SSSR count). The minimum Gasteiger partial charge on any atom is -0.467 e. The van der Waals surface area contributed by atoms with Crippen molar-refractivity contribution in [3.8, 4) is 11.1 Å². The van der Waals surface area contributed by atoms with Gasteiger partial charge < -0.3 is 14.6 Å². The Kier molecular flexibility index (Phi) is 5.95. The van der Waals surface area contributed by atoms with E-state index in [2.05, 4.69) is 4.74 Å². The molecule has 0 heterocycles. The highest BCUT2D eigenvalue weighted by Crippen LogP contribution is 2.22. The van der Waals surface area contributed by atoms with Gasteiger partial charge in [0.1, 0.15) is 0 Å². The van der Waals surface area contributed by atoms with Crippen LogP contribution in [0.5, 0.6) is 0 Å². The summed E-state index contributed by atoms with van der Waals surface area (Å²) in [5.41, 5.74) is 3.03. The van der Waals surface area contributed by atoms with Crippen molar-refractivity contribution in [3.05, 3.63) is 59.1 Å². The molecule has 2 aromatic rings. The molecule has 22 heavy (non-hydrogen) atoms. The molecule has 5 heteroatoms. The molecule has 116 valence electrons. The van der Waals surface area contributed by atoms with Crippen molar-refractivity contribution in [2.24, 2.45) is 0 Å². The van der Waals surface area contributed by atoms with Crippen molar-refractivity contribution in [2.45, 2.75) is 12.7 Å². The lowest BCUT2D eigenvalue weighted by Crippen LogP contribution is -2.29. The maximum Gasteiger partial charge on any atom is 0.337 e. The quantitative estimate of drug-likeness (QED) is 0.831. The first-order chi connectivity index (χ1) is 10.6. The van der Waals surface area contributed by atoms with E-state index in [4.69, 9.17) is 21.4 Å². The highest BCUT2D eigenvalue weighted by atomic mass is 35.5. The molecule has 0 radical (unpaired) electrons. The predicted molar refractivity (Wildman–Crippen MR) is 84.6 cm³/mol. The van der Waals surface area contributed by atoms with Crippen LogP contribution < -0.4 is 0 Å². The van der Waals surface area contributed by atoms with Crippen molar-refractivity contribution < 1.29 is 19.4 Å². The Balaban J connectivity index is 2.00. The van der Waals surface area contributed by atoms with Crippen LogP contribution in [-0.2, 0) is 20.9 Å². The van der Waals surface area contributed by atoms with Crippen LogP contribution in [0.25, 0.3) is 11.1 Å². The van der Waals surface area contributed by atoms with E-state index in [9.17, 15) is 4.79 Å². The number of rotatable bonds is 6. The minimum absolute atomic E-state index is 0.223. The predicted octanol–water partition coefficient (Wildman–Crippen LogP) is 3.06. The Hall–Kier alpha value is -1.88. The number of carbonyl (C=O) groups is 1. The fourth-order valence-corrected chi connectivity index (χ4v) is 2.09. The van der Waals surface area contributed by atoms with Gasteiger partial charge in [-0.1, -0.05) is 48.0 Å². The third kappa shape index (κ3) is 4.31. The largest absolute Gasteiger partial charge is 0.467 e. The second kappa shape index (κ2) is 7.94. The first-order valence-electron chi connectivity index (χ1n) is 6.79. The van der Waals surface area contributed by atoms with E-state index in [0.717, 1.165) is 16.7 Å². The van der Waals surface area contributed by atoms with Crippen molar-refractivity contribution in [1.29, 1.82) is 0 Å². The van der Waals surface area contributed by atoms with Gasteiger partial charge in [-0.2, -0.15) is 0 Å². The summed E-state index contributed by atoms with van der Waals surface area (Å²) in [6.07, 6.45) is -0.957. The maximum atomic E-state index is 11.3. The van der Waals surface area contributed by atoms with Crippen molar-refractivity contribution in [2.75, 3.05) is 13.7 Å². The van der Waals surface area contributed by atoms with Crippen LogP contribution in [0.4, 0.5) is 0 Å². The number of hydrogen-bond donors (Lipinski definition) is 1. The van der Waals surface area contributed by atoms with Crippen LogP contribution in [0.15, 0.2) is 48.5 Å². The van der Waals surface area contributed by atoms with Gasteiger partial charge in [0.15, 0.2) is 6.10 Å². The summed E-state index contributed by atoms with van der Waals surface area (Å²) < 4.78 is 9.89. The average molecular weight is 321 g/mol. The molecule has 0 spiro atoms.